The van der Waals surface area contributed by atoms with Gasteiger partial charge in [0, 0.05) is 12.1 Å². The molecule has 0 fully saturated rings. The van der Waals surface area contributed by atoms with Crippen LogP contribution in [0.15, 0.2) is 48.5 Å². The van der Waals surface area contributed by atoms with Gasteiger partial charge in [-0.05, 0) is 58.2 Å². The largest absolute Gasteiger partial charge is 0.350 e. The van der Waals surface area contributed by atoms with Crippen molar-refractivity contribution in [2.24, 2.45) is 0 Å². The Bertz CT molecular complexity index is 1120. The number of anilines is 1. The van der Waals surface area contributed by atoms with Crippen molar-refractivity contribution in [2.75, 3.05) is 17.1 Å². The number of aryl methyl sites for hydroxylation is 2. The fourth-order valence-corrected chi connectivity index (χ4v) is 4.72. The van der Waals surface area contributed by atoms with Crippen LogP contribution < -0.4 is 9.62 Å². The molecule has 0 heterocycles. The number of hydrogen-bond donors (Lipinski definition) is 1. The van der Waals surface area contributed by atoms with Crippen LogP contribution >= 0.6 is 0 Å². The average molecular weight is 488 g/mol. The van der Waals surface area contributed by atoms with Crippen molar-refractivity contribution in [1.29, 1.82) is 0 Å². The third-order valence-electron chi connectivity index (χ3n) is 5.38. The van der Waals surface area contributed by atoms with Crippen LogP contribution in [0, 0.1) is 13.8 Å². The van der Waals surface area contributed by atoms with E-state index < -0.39 is 34.1 Å². The molecule has 0 saturated heterocycles. The normalized spacial score (nSPS) is 12.7. The number of carbonyl (C=O) groups is 2. The smallest absolute Gasteiger partial charge is 0.244 e. The van der Waals surface area contributed by atoms with Crippen LogP contribution in [0.3, 0.4) is 0 Å². The Morgan fingerprint density at radius 1 is 1.03 bits per heavy atom. The quantitative estimate of drug-likeness (QED) is 0.583. The highest BCUT2D eigenvalue weighted by Crippen LogP contribution is 2.23. The SMILES string of the molecule is CC[C@H](C(=O)NC(C)(C)C)N(Cc1cccc(C)c1)C(=O)CN(c1ccccc1C)S(C)(=O)=O. The van der Waals surface area contributed by atoms with Gasteiger partial charge in [-0.15, -0.1) is 0 Å². The monoisotopic (exact) mass is 487 g/mol. The molecular formula is C26H37N3O4S. The van der Waals surface area contributed by atoms with Crippen LogP contribution in [-0.4, -0.2) is 49.5 Å². The second-order valence-corrected chi connectivity index (χ2v) is 11.6. The number of nitrogens with zero attached hydrogens (tertiary/aromatic N) is 2. The molecule has 0 bridgehead atoms. The first-order valence-corrected chi connectivity index (χ1v) is 13.3. The zero-order valence-electron chi connectivity index (χ0n) is 21.3. The van der Waals surface area contributed by atoms with Crippen LogP contribution in [0.5, 0.6) is 0 Å². The molecule has 0 aliphatic rings. The van der Waals surface area contributed by atoms with Crippen molar-refractivity contribution in [3.8, 4) is 0 Å². The molecule has 1 atom stereocenters. The maximum atomic E-state index is 13.7. The molecule has 0 spiro atoms. The number of carbonyl (C=O) groups excluding carboxylic acids is 2. The van der Waals surface area contributed by atoms with E-state index in [4.69, 9.17) is 0 Å². The summed E-state index contributed by atoms with van der Waals surface area (Å²) in [5, 5.41) is 2.96. The summed E-state index contributed by atoms with van der Waals surface area (Å²) in [6.07, 6.45) is 1.48. The zero-order chi connectivity index (χ0) is 25.7. The number of benzene rings is 2. The highest BCUT2D eigenvalue weighted by Gasteiger charge is 2.33. The van der Waals surface area contributed by atoms with Gasteiger partial charge in [0.25, 0.3) is 0 Å². The summed E-state index contributed by atoms with van der Waals surface area (Å²) in [7, 11) is -3.74. The Balaban J connectivity index is 2.48. The lowest BCUT2D eigenvalue weighted by molar-refractivity contribution is -0.141. The van der Waals surface area contributed by atoms with Crippen molar-refractivity contribution in [3.05, 3.63) is 65.2 Å². The molecule has 186 valence electrons. The number of sulfonamides is 1. The van der Waals surface area contributed by atoms with E-state index in [1.807, 2.05) is 65.0 Å². The minimum Gasteiger partial charge on any atom is -0.350 e. The van der Waals surface area contributed by atoms with E-state index in [2.05, 4.69) is 5.32 Å². The zero-order valence-corrected chi connectivity index (χ0v) is 22.1. The second-order valence-electron chi connectivity index (χ2n) is 9.73. The van der Waals surface area contributed by atoms with Crippen LogP contribution in [0.2, 0.25) is 0 Å². The number of rotatable bonds is 9. The first-order valence-electron chi connectivity index (χ1n) is 11.4. The molecule has 0 radical (unpaired) electrons. The molecule has 2 amide bonds. The average Bonchev–Trinajstić information content (AvgIpc) is 2.70. The minimum atomic E-state index is -3.74. The lowest BCUT2D eigenvalue weighted by Gasteiger charge is -2.34. The molecule has 0 saturated carbocycles. The number of hydrogen-bond acceptors (Lipinski definition) is 4. The fraction of sp³-hybridized carbons (Fsp3) is 0.462. The van der Waals surface area contributed by atoms with Gasteiger partial charge in [-0.1, -0.05) is 55.0 Å². The van der Waals surface area contributed by atoms with Crippen molar-refractivity contribution in [1.82, 2.24) is 10.2 Å². The molecule has 2 aromatic rings. The standard InChI is InChI=1S/C26H37N3O4S/c1-8-22(25(31)27-26(4,5)6)28(17-21-14-11-12-19(2)16-21)24(30)18-29(34(7,32)33)23-15-10-9-13-20(23)3/h9-16,22H,8,17-18H2,1-7H3,(H,27,31)/t22-/m1/s1. The van der Waals surface area contributed by atoms with Gasteiger partial charge in [-0.2, -0.15) is 0 Å². The van der Waals surface area contributed by atoms with E-state index in [1.165, 1.54) is 4.90 Å². The van der Waals surface area contributed by atoms with E-state index in [1.54, 1.807) is 25.1 Å². The highest BCUT2D eigenvalue weighted by atomic mass is 32.2. The van der Waals surface area contributed by atoms with E-state index in [9.17, 15) is 18.0 Å². The molecule has 0 aliphatic heterocycles. The topological polar surface area (TPSA) is 86.8 Å². The molecule has 8 heteroatoms. The Labute approximate surface area is 204 Å². The maximum absolute atomic E-state index is 13.7. The second kappa shape index (κ2) is 11.0. The molecular weight excluding hydrogens is 450 g/mol. The lowest BCUT2D eigenvalue weighted by Crippen LogP contribution is -2.55. The van der Waals surface area contributed by atoms with E-state index in [-0.39, 0.29) is 12.5 Å². The van der Waals surface area contributed by atoms with Crippen LogP contribution in [0.25, 0.3) is 0 Å². The van der Waals surface area contributed by atoms with Gasteiger partial charge in [-0.3, -0.25) is 13.9 Å². The fourth-order valence-electron chi connectivity index (χ4n) is 3.82. The van der Waals surface area contributed by atoms with Crippen molar-refractivity contribution >= 4 is 27.5 Å². The molecule has 0 aliphatic carbocycles. The predicted octanol–water partition coefficient (Wildman–Crippen LogP) is 3.79. The third-order valence-corrected chi connectivity index (χ3v) is 6.51. The summed E-state index contributed by atoms with van der Waals surface area (Å²) in [6.45, 7) is 11.1. The molecule has 2 aromatic carbocycles. The predicted molar refractivity (Wildman–Crippen MR) is 137 cm³/mol. The van der Waals surface area contributed by atoms with E-state index in [0.29, 0.717) is 12.1 Å². The lowest BCUT2D eigenvalue weighted by atomic mass is 10.0. The molecule has 2 rings (SSSR count). The summed E-state index contributed by atoms with van der Waals surface area (Å²) in [5.74, 6) is -0.705. The van der Waals surface area contributed by atoms with Gasteiger partial charge in [0.05, 0.1) is 11.9 Å². The van der Waals surface area contributed by atoms with Gasteiger partial charge in [0.1, 0.15) is 12.6 Å². The molecule has 34 heavy (non-hydrogen) atoms. The van der Waals surface area contributed by atoms with Crippen LogP contribution in [0.1, 0.15) is 50.8 Å². The van der Waals surface area contributed by atoms with Gasteiger partial charge >= 0.3 is 0 Å². The summed E-state index contributed by atoms with van der Waals surface area (Å²) < 4.78 is 26.5. The third kappa shape index (κ3) is 7.58. The summed E-state index contributed by atoms with van der Waals surface area (Å²) in [4.78, 5) is 28.3. The maximum Gasteiger partial charge on any atom is 0.244 e. The summed E-state index contributed by atoms with van der Waals surface area (Å²) >= 11 is 0. The van der Waals surface area contributed by atoms with Crippen molar-refractivity contribution < 1.29 is 18.0 Å². The Morgan fingerprint density at radius 2 is 1.68 bits per heavy atom. The summed E-state index contributed by atoms with van der Waals surface area (Å²) in [6, 6.07) is 14.0. The van der Waals surface area contributed by atoms with E-state index >= 15 is 0 Å². The molecule has 0 unspecified atom stereocenters. The Morgan fingerprint density at radius 3 is 2.21 bits per heavy atom. The summed E-state index contributed by atoms with van der Waals surface area (Å²) in [5.41, 5.74) is 2.62. The van der Waals surface area contributed by atoms with Crippen molar-refractivity contribution in [2.45, 2.75) is 66.1 Å². The first-order chi connectivity index (χ1) is 15.7. The number of para-hydroxylation sites is 1. The molecule has 0 aromatic heterocycles. The Hall–Kier alpha value is -2.87. The van der Waals surface area contributed by atoms with Gasteiger partial charge in [0.15, 0.2) is 0 Å². The van der Waals surface area contributed by atoms with Crippen LogP contribution in [0.4, 0.5) is 5.69 Å². The van der Waals surface area contributed by atoms with Gasteiger partial charge in [-0.25, -0.2) is 8.42 Å². The number of amides is 2. The minimum absolute atomic E-state index is 0.196. The molecule has 1 N–H and O–H groups in total. The molecule has 7 nitrogen and oxygen atoms in total. The highest BCUT2D eigenvalue weighted by molar-refractivity contribution is 7.92. The first kappa shape index (κ1) is 27.4. The van der Waals surface area contributed by atoms with Crippen LogP contribution in [-0.2, 0) is 26.2 Å². The number of nitrogens with one attached hydrogen (secondary N) is 1. The van der Waals surface area contributed by atoms with Crippen molar-refractivity contribution in [3.63, 3.8) is 0 Å². The van der Waals surface area contributed by atoms with Gasteiger partial charge in [0.2, 0.25) is 21.8 Å². The van der Waals surface area contributed by atoms with E-state index in [0.717, 1.165) is 27.3 Å². The van der Waals surface area contributed by atoms with Gasteiger partial charge < -0.3 is 10.2 Å². The Kier molecular flexibility index (Phi) is 8.89.